The van der Waals surface area contributed by atoms with Gasteiger partial charge in [0.25, 0.3) is 0 Å². The monoisotopic (exact) mass is 338 g/mol. The molecule has 0 radical (unpaired) electrons. The summed E-state index contributed by atoms with van der Waals surface area (Å²) in [6.07, 6.45) is 1.87. The Hall–Kier alpha value is -1.59. The zero-order chi connectivity index (χ0) is 16.8. The van der Waals surface area contributed by atoms with Gasteiger partial charge in [-0.2, -0.15) is 0 Å². The highest BCUT2D eigenvalue weighted by atomic mass is 35.5. The van der Waals surface area contributed by atoms with E-state index in [0.29, 0.717) is 30.0 Å². The highest BCUT2D eigenvalue weighted by Crippen LogP contribution is 2.23. The average molecular weight is 339 g/mol. The zero-order valence-corrected chi connectivity index (χ0v) is 14.1. The van der Waals surface area contributed by atoms with Gasteiger partial charge in [0.1, 0.15) is 6.04 Å². The van der Waals surface area contributed by atoms with Gasteiger partial charge >= 0.3 is 0 Å². The lowest BCUT2D eigenvalue weighted by molar-refractivity contribution is -0.138. The number of likely N-dealkylation sites (tertiary alicyclic amines) is 1. The topological polar surface area (TPSA) is 69.6 Å². The predicted octanol–water partition coefficient (Wildman–Crippen LogP) is 2.28. The van der Waals surface area contributed by atoms with Gasteiger partial charge in [-0.15, -0.1) is 0 Å². The van der Waals surface area contributed by atoms with Gasteiger partial charge in [-0.1, -0.05) is 36.7 Å². The molecule has 6 heteroatoms. The minimum absolute atomic E-state index is 0.0248. The third-order valence-electron chi connectivity index (χ3n) is 4.07. The van der Waals surface area contributed by atoms with E-state index in [4.69, 9.17) is 11.6 Å². The van der Waals surface area contributed by atoms with Crippen LogP contribution >= 0.6 is 11.6 Å². The molecule has 23 heavy (non-hydrogen) atoms. The molecule has 2 unspecified atom stereocenters. The first kappa shape index (κ1) is 17.8. The number of aliphatic hydroxyl groups excluding tert-OH is 1. The quantitative estimate of drug-likeness (QED) is 0.836. The summed E-state index contributed by atoms with van der Waals surface area (Å²) in [6.45, 7) is 2.65. The van der Waals surface area contributed by atoms with Crippen LogP contribution in [0.4, 0.5) is 0 Å². The number of hydrogen-bond donors (Lipinski definition) is 2. The minimum atomic E-state index is -0.867. The molecule has 0 aromatic heterocycles. The van der Waals surface area contributed by atoms with Crippen molar-refractivity contribution in [2.75, 3.05) is 13.1 Å². The maximum Gasteiger partial charge on any atom is 0.242 e. The van der Waals surface area contributed by atoms with Crippen LogP contribution in [0.5, 0.6) is 0 Å². The van der Waals surface area contributed by atoms with Gasteiger partial charge < -0.3 is 15.3 Å². The average Bonchev–Trinajstić information content (AvgIpc) is 3.02. The molecule has 0 aliphatic carbocycles. The first-order valence-electron chi connectivity index (χ1n) is 8.04. The van der Waals surface area contributed by atoms with Gasteiger partial charge in [-0.25, -0.2) is 0 Å². The summed E-state index contributed by atoms with van der Waals surface area (Å²) in [4.78, 5) is 26.0. The van der Waals surface area contributed by atoms with E-state index in [-0.39, 0.29) is 18.4 Å². The summed E-state index contributed by atoms with van der Waals surface area (Å²) in [7, 11) is 0. The Labute approximate surface area is 141 Å². The molecule has 0 saturated carbocycles. The van der Waals surface area contributed by atoms with E-state index in [2.05, 4.69) is 5.32 Å². The molecule has 0 spiro atoms. The Balaban J connectivity index is 1.91. The second kappa shape index (κ2) is 8.31. The van der Waals surface area contributed by atoms with E-state index in [0.717, 1.165) is 12.8 Å². The summed E-state index contributed by atoms with van der Waals surface area (Å²) in [5.74, 6) is -0.185. The smallest absolute Gasteiger partial charge is 0.242 e. The molecule has 1 fully saturated rings. The van der Waals surface area contributed by atoms with Crippen molar-refractivity contribution in [1.29, 1.82) is 0 Å². The number of halogens is 1. The molecule has 1 aromatic rings. The molecule has 1 saturated heterocycles. The van der Waals surface area contributed by atoms with E-state index < -0.39 is 12.1 Å². The lowest BCUT2D eigenvalue weighted by atomic mass is 10.1. The fraction of sp³-hybridized carbons (Fsp3) is 0.529. The molecule has 2 N–H and O–H groups in total. The van der Waals surface area contributed by atoms with Gasteiger partial charge in [-0.3, -0.25) is 9.59 Å². The SMILES string of the molecule is CCCC(=O)N1CCCC1C(=O)NCC(O)c1ccccc1Cl. The number of benzene rings is 1. The standard InChI is InChI=1S/C17H23ClN2O3/c1-2-6-16(22)20-10-5-9-14(20)17(23)19-11-15(21)12-7-3-4-8-13(12)18/h3-4,7-8,14-15,21H,2,5-6,9-11H2,1H3,(H,19,23). The van der Waals surface area contributed by atoms with E-state index in [1.54, 1.807) is 29.2 Å². The largest absolute Gasteiger partial charge is 0.387 e. The number of carbonyl (C=O) groups is 2. The number of aliphatic hydroxyl groups is 1. The van der Waals surface area contributed by atoms with Crippen LogP contribution in [0.3, 0.4) is 0 Å². The molecule has 0 bridgehead atoms. The predicted molar refractivity (Wildman–Crippen MR) is 89.1 cm³/mol. The third kappa shape index (κ3) is 4.45. The maximum absolute atomic E-state index is 12.3. The van der Waals surface area contributed by atoms with Crippen LogP contribution < -0.4 is 5.32 Å². The summed E-state index contributed by atoms with van der Waals surface area (Å²) < 4.78 is 0. The van der Waals surface area contributed by atoms with Crippen molar-refractivity contribution in [3.05, 3.63) is 34.9 Å². The molecule has 1 aromatic carbocycles. The number of carbonyl (C=O) groups excluding carboxylic acids is 2. The van der Waals surface area contributed by atoms with Crippen molar-refractivity contribution < 1.29 is 14.7 Å². The normalized spacial score (nSPS) is 18.7. The van der Waals surface area contributed by atoms with Crippen LogP contribution in [0.15, 0.2) is 24.3 Å². The van der Waals surface area contributed by atoms with Gasteiger partial charge in [0.15, 0.2) is 0 Å². The third-order valence-corrected chi connectivity index (χ3v) is 4.42. The second-order valence-corrected chi connectivity index (χ2v) is 6.18. The minimum Gasteiger partial charge on any atom is -0.387 e. The van der Waals surface area contributed by atoms with Crippen LogP contribution in [-0.2, 0) is 9.59 Å². The van der Waals surface area contributed by atoms with Crippen LogP contribution in [0.1, 0.15) is 44.3 Å². The van der Waals surface area contributed by atoms with Crippen LogP contribution in [-0.4, -0.2) is 41.0 Å². The summed E-state index contributed by atoms with van der Waals surface area (Å²) in [6, 6.07) is 6.57. The van der Waals surface area contributed by atoms with Gasteiger partial charge in [0, 0.05) is 30.1 Å². The fourth-order valence-electron chi connectivity index (χ4n) is 2.87. The van der Waals surface area contributed by atoms with Crippen molar-refractivity contribution in [1.82, 2.24) is 10.2 Å². The van der Waals surface area contributed by atoms with Crippen LogP contribution in [0.2, 0.25) is 5.02 Å². The highest BCUT2D eigenvalue weighted by molar-refractivity contribution is 6.31. The van der Waals surface area contributed by atoms with E-state index in [1.165, 1.54) is 0 Å². The van der Waals surface area contributed by atoms with E-state index >= 15 is 0 Å². The summed E-state index contributed by atoms with van der Waals surface area (Å²) in [5.41, 5.74) is 0.583. The number of hydrogen-bond acceptors (Lipinski definition) is 3. The van der Waals surface area contributed by atoms with E-state index in [9.17, 15) is 14.7 Å². The zero-order valence-electron chi connectivity index (χ0n) is 13.3. The van der Waals surface area contributed by atoms with Crippen molar-refractivity contribution in [3.63, 3.8) is 0 Å². The lowest BCUT2D eigenvalue weighted by Gasteiger charge is -2.24. The number of rotatable bonds is 6. The maximum atomic E-state index is 12.3. The number of amides is 2. The molecule has 2 rings (SSSR count). The Morgan fingerprint density at radius 3 is 2.87 bits per heavy atom. The Bertz CT molecular complexity index is 565. The van der Waals surface area contributed by atoms with Crippen molar-refractivity contribution in [3.8, 4) is 0 Å². The van der Waals surface area contributed by atoms with Gasteiger partial charge in [0.05, 0.1) is 6.10 Å². The van der Waals surface area contributed by atoms with Crippen molar-refractivity contribution in [2.24, 2.45) is 0 Å². The van der Waals surface area contributed by atoms with Crippen LogP contribution in [0.25, 0.3) is 0 Å². The van der Waals surface area contributed by atoms with Gasteiger partial charge in [0.2, 0.25) is 11.8 Å². The first-order valence-corrected chi connectivity index (χ1v) is 8.42. The highest BCUT2D eigenvalue weighted by Gasteiger charge is 2.33. The molecule has 1 aliphatic rings. The molecular weight excluding hydrogens is 316 g/mol. The fourth-order valence-corrected chi connectivity index (χ4v) is 3.13. The molecule has 5 nitrogen and oxygen atoms in total. The summed E-state index contributed by atoms with van der Waals surface area (Å²) >= 11 is 6.04. The van der Waals surface area contributed by atoms with Gasteiger partial charge in [-0.05, 0) is 25.3 Å². The van der Waals surface area contributed by atoms with Crippen molar-refractivity contribution >= 4 is 23.4 Å². The number of nitrogens with one attached hydrogen (secondary N) is 1. The van der Waals surface area contributed by atoms with Crippen LogP contribution in [0, 0.1) is 0 Å². The molecule has 2 amide bonds. The molecule has 1 aliphatic heterocycles. The molecule has 1 heterocycles. The number of nitrogens with zero attached hydrogens (tertiary/aromatic N) is 1. The molecule has 2 atom stereocenters. The Kier molecular flexibility index (Phi) is 6.42. The molecular formula is C17H23ClN2O3. The lowest BCUT2D eigenvalue weighted by Crippen LogP contribution is -2.46. The van der Waals surface area contributed by atoms with E-state index in [1.807, 2.05) is 6.92 Å². The Morgan fingerprint density at radius 2 is 2.17 bits per heavy atom. The van der Waals surface area contributed by atoms with Crippen molar-refractivity contribution in [2.45, 2.75) is 44.8 Å². The summed E-state index contributed by atoms with van der Waals surface area (Å²) in [5, 5.41) is 13.4. The Morgan fingerprint density at radius 1 is 1.43 bits per heavy atom. The first-order chi connectivity index (χ1) is 11.0. The second-order valence-electron chi connectivity index (χ2n) is 5.78. The molecule has 126 valence electrons.